The van der Waals surface area contributed by atoms with Gasteiger partial charge in [0.05, 0.1) is 36.4 Å². The predicted octanol–water partition coefficient (Wildman–Crippen LogP) is 5.27. The van der Waals surface area contributed by atoms with Crippen molar-refractivity contribution in [2.24, 2.45) is 0 Å². The number of anilines is 1. The Morgan fingerprint density at radius 2 is 1.83 bits per heavy atom. The number of aliphatic hydroxyl groups excluding tert-OH is 1. The summed E-state index contributed by atoms with van der Waals surface area (Å²) < 4.78 is 30.0. The van der Waals surface area contributed by atoms with Crippen molar-refractivity contribution >= 4 is 29.5 Å². The number of esters is 2. The Labute approximate surface area is 283 Å². The molecule has 0 spiro atoms. The topological polar surface area (TPSA) is 139 Å². The Morgan fingerprint density at radius 1 is 1.08 bits per heavy atom. The molecule has 4 atom stereocenters. The predicted molar refractivity (Wildman–Crippen MR) is 180 cm³/mol. The standard InChI is InChI=1S/C35H40FN5O6S/c1-22-19-27(41(2)3)33(34(44)46-22)47-30(43)14-13-29(42)45-17-18-48-35-39-31(24-9-11-26(36)12-10-24)32(40-35)25-15-16-37-28(20-25)38-21-23-7-5-4-6-8-23/h4-12,15-16,20,22,27,33-34,44H,13-14,17-19,21H2,1-3H3,(H,37,38)(H,39,40)/t22-,27?,33-,34-/m1/s1. The van der Waals surface area contributed by atoms with Gasteiger partial charge < -0.3 is 34.5 Å². The number of H-pyrrole nitrogens is 1. The van der Waals surface area contributed by atoms with Crippen molar-refractivity contribution in [3.63, 3.8) is 0 Å². The number of thioether (sulfide) groups is 1. The first-order chi connectivity index (χ1) is 23.2. The smallest absolute Gasteiger partial charge is 0.306 e. The van der Waals surface area contributed by atoms with Crippen LogP contribution in [0, 0.1) is 5.82 Å². The Bertz CT molecular complexity index is 1650. The molecule has 0 bridgehead atoms. The van der Waals surface area contributed by atoms with E-state index in [0.29, 0.717) is 41.1 Å². The molecule has 0 radical (unpaired) electrons. The molecule has 5 rings (SSSR count). The molecule has 254 valence electrons. The third kappa shape index (κ3) is 9.63. The Morgan fingerprint density at radius 3 is 2.58 bits per heavy atom. The molecule has 3 N–H and O–H groups in total. The molecule has 1 unspecified atom stereocenters. The van der Waals surface area contributed by atoms with Crippen molar-refractivity contribution in [2.45, 2.75) is 62.4 Å². The molecule has 1 saturated heterocycles. The van der Waals surface area contributed by atoms with Crippen LogP contribution in [0.5, 0.6) is 0 Å². The molecular formula is C35H40FN5O6S. The molecule has 0 aliphatic carbocycles. The van der Waals surface area contributed by atoms with Gasteiger partial charge in [-0.05, 0) is 69.4 Å². The summed E-state index contributed by atoms with van der Waals surface area (Å²) in [6, 6.07) is 19.7. The average molecular weight is 678 g/mol. The summed E-state index contributed by atoms with van der Waals surface area (Å²) in [5.41, 5.74) is 4.09. The van der Waals surface area contributed by atoms with E-state index >= 15 is 0 Å². The number of nitrogens with zero attached hydrogens (tertiary/aromatic N) is 3. The molecule has 3 heterocycles. The number of hydrogen-bond donors (Lipinski definition) is 3. The molecule has 0 amide bonds. The fraction of sp³-hybridized carbons (Fsp3) is 0.371. The second-order valence-corrected chi connectivity index (χ2v) is 12.8. The number of aliphatic hydroxyl groups is 1. The summed E-state index contributed by atoms with van der Waals surface area (Å²) in [7, 11) is 3.69. The van der Waals surface area contributed by atoms with Gasteiger partial charge in [0.25, 0.3) is 0 Å². The summed E-state index contributed by atoms with van der Waals surface area (Å²) in [4.78, 5) is 39.3. The number of imidazole rings is 1. The number of aromatic amines is 1. The first-order valence-electron chi connectivity index (χ1n) is 15.7. The number of carbonyl (C=O) groups is 2. The second kappa shape index (κ2) is 16.7. The number of halogens is 1. The quantitative estimate of drug-likeness (QED) is 0.0914. The average Bonchev–Trinajstić information content (AvgIpc) is 3.51. The van der Waals surface area contributed by atoms with Gasteiger partial charge in [-0.1, -0.05) is 42.1 Å². The summed E-state index contributed by atoms with van der Waals surface area (Å²) in [5.74, 6) is -0.397. The highest BCUT2D eigenvalue weighted by atomic mass is 32.2. The minimum absolute atomic E-state index is 0.0963. The van der Waals surface area contributed by atoms with Crippen molar-refractivity contribution in [1.29, 1.82) is 0 Å². The minimum atomic E-state index is -1.24. The van der Waals surface area contributed by atoms with Gasteiger partial charge in [-0.3, -0.25) is 9.59 Å². The van der Waals surface area contributed by atoms with Crippen molar-refractivity contribution in [3.8, 4) is 22.5 Å². The molecule has 1 aliphatic heterocycles. The summed E-state index contributed by atoms with van der Waals surface area (Å²) in [6.07, 6.45) is -0.289. The maximum absolute atomic E-state index is 13.7. The van der Waals surface area contributed by atoms with E-state index < -0.39 is 24.3 Å². The number of rotatable bonds is 14. The molecule has 4 aromatic rings. The maximum Gasteiger partial charge on any atom is 0.306 e. The van der Waals surface area contributed by atoms with Crippen LogP contribution in [0.1, 0.15) is 31.7 Å². The van der Waals surface area contributed by atoms with E-state index in [9.17, 15) is 19.1 Å². The van der Waals surface area contributed by atoms with E-state index in [-0.39, 0.29) is 37.4 Å². The SMILES string of the molecule is C[C@@H]1CC(N(C)C)[C@@H](OC(=O)CCC(=O)OCCSc2nc(-c3ccnc(NCc4ccccc4)c3)c(-c3ccc(F)cc3)[nH]2)[C@H](O)O1. The van der Waals surface area contributed by atoms with Crippen LogP contribution >= 0.6 is 11.8 Å². The Hall–Kier alpha value is -4.30. The van der Waals surface area contributed by atoms with Crippen LogP contribution in [0.3, 0.4) is 0 Å². The largest absolute Gasteiger partial charge is 0.465 e. The lowest BCUT2D eigenvalue weighted by Crippen LogP contribution is -2.55. The van der Waals surface area contributed by atoms with Gasteiger partial charge in [-0.2, -0.15) is 0 Å². The number of benzene rings is 2. The summed E-state index contributed by atoms with van der Waals surface area (Å²) in [5, 5.41) is 14.2. The third-order valence-electron chi connectivity index (χ3n) is 7.82. The van der Waals surface area contributed by atoms with E-state index in [4.69, 9.17) is 19.2 Å². The van der Waals surface area contributed by atoms with E-state index in [2.05, 4.69) is 15.3 Å². The Balaban J connectivity index is 1.15. The minimum Gasteiger partial charge on any atom is -0.465 e. The highest BCUT2D eigenvalue weighted by molar-refractivity contribution is 7.99. The second-order valence-electron chi connectivity index (χ2n) is 11.7. The van der Waals surface area contributed by atoms with Crippen LogP contribution in [-0.2, 0) is 30.3 Å². The van der Waals surface area contributed by atoms with Crippen molar-refractivity contribution in [1.82, 2.24) is 19.9 Å². The monoisotopic (exact) mass is 677 g/mol. The zero-order valence-electron chi connectivity index (χ0n) is 27.1. The molecular weight excluding hydrogens is 637 g/mol. The van der Waals surface area contributed by atoms with Gasteiger partial charge in [0.2, 0.25) is 0 Å². The summed E-state index contributed by atoms with van der Waals surface area (Å²) in [6.45, 7) is 2.56. The van der Waals surface area contributed by atoms with Crippen molar-refractivity contribution < 1.29 is 33.3 Å². The summed E-state index contributed by atoms with van der Waals surface area (Å²) >= 11 is 1.37. The molecule has 13 heteroatoms. The van der Waals surface area contributed by atoms with E-state index in [0.717, 1.165) is 16.7 Å². The number of pyridine rings is 1. The van der Waals surface area contributed by atoms with E-state index in [1.165, 1.54) is 23.9 Å². The highest BCUT2D eigenvalue weighted by Crippen LogP contribution is 2.33. The van der Waals surface area contributed by atoms with Gasteiger partial charge in [-0.25, -0.2) is 14.4 Å². The van der Waals surface area contributed by atoms with Crippen LogP contribution in [0.25, 0.3) is 22.5 Å². The first-order valence-corrected chi connectivity index (χ1v) is 16.7. The lowest BCUT2D eigenvalue weighted by molar-refractivity contribution is -0.241. The van der Waals surface area contributed by atoms with E-state index in [1.54, 1.807) is 18.3 Å². The van der Waals surface area contributed by atoms with Crippen molar-refractivity contribution in [2.75, 3.05) is 31.8 Å². The van der Waals surface area contributed by atoms with Gasteiger partial charge in [0.15, 0.2) is 17.6 Å². The normalized spacial score (nSPS) is 19.2. The lowest BCUT2D eigenvalue weighted by atomic mass is 9.99. The number of hydrogen-bond acceptors (Lipinski definition) is 11. The number of likely N-dealkylation sites (N-methyl/N-ethyl adjacent to an activating group) is 1. The van der Waals surface area contributed by atoms with Gasteiger partial charge >= 0.3 is 11.9 Å². The molecule has 1 fully saturated rings. The maximum atomic E-state index is 13.7. The zero-order chi connectivity index (χ0) is 34.0. The number of carbonyl (C=O) groups excluding carboxylic acids is 2. The van der Waals surface area contributed by atoms with E-state index in [1.807, 2.05) is 68.4 Å². The van der Waals surface area contributed by atoms with Crippen LogP contribution in [0.4, 0.5) is 10.2 Å². The number of nitrogens with one attached hydrogen (secondary N) is 2. The van der Waals surface area contributed by atoms with Gasteiger partial charge in [-0.15, -0.1) is 0 Å². The molecule has 0 saturated carbocycles. The Kier molecular flexibility index (Phi) is 12.2. The highest BCUT2D eigenvalue weighted by Gasteiger charge is 2.40. The van der Waals surface area contributed by atoms with Crippen LogP contribution in [0.15, 0.2) is 78.1 Å². The van der Waals surface area contributed by atoms with Gasteiger partial charge in [0.1, 0.15) is 18.2 Å². The van der Waals surface area contributed by atoms with Gasteiger partial charge in [0, 0.05) is 29.6 Å². The van der Waals surface area contributed by atoms with Crippen LogP contribution in [-0.4, -0.2) is 87.9 Å². The first kappa shape index (κ1) is 35.0. The zero-order valence-corrected chi connectivity index (χ0v) is 27.9. The van der Waals surface area contributed by atoms with Crippen molar-refractivity contribution in [3.05, 3.63) is 84.3 Å². The molecule has 1 aliphatic rings. The molecule has 11 nitrogen and oxygen atoms in total. The fourth-order valence-corrected chi connectivity index (χ4v) is 6.06. The number of ether oxygens (including phenoxy) is 3. The molecule has 48 heavy (non-hydrogen) atoms. The molecule has 2 aromatic carbocycles. The third-order valence-corrected chi connectivity index (χ3v) is 8.66. The molecule has 2 aromatic heterocycles. The number of aromatic nitrogens is 3. The fourth-order valence-electron chi connectivity index (χ4n) is 5.37. The van der Waals surface area contributed by atoms with Crippen LogP contribution in [0.2, 0.25) is 0 Å². The van der Waals surface area contributed by atoms with Crippen LogP contribution < -0.4 is 5.32 Å². The lowest BCUT2D eigenvalue weighted by Gasteiger charge is -2.40.